The Morgan fingerprint density at radius 1 is 1.00 bits per heavy atom. The molecule has 0 aliphatic carbocycles. The Hall–Kier alpha value is -2.24. The zero-order valence-electron chi connectivity index (χ0n) is 17.0. The van der Waals surface area contributed by atoms with Gasteiger partial charge in [0, 0.05) is 51.0 Å². The summed E-state index contributed by atoms with van der Waals surface area (Å²) in [6.07, 6.45) is 2.19. The molecule has 2 saturated heterocycles. The first-order valence-corrected chi connectivity index (χ1v) is 10.8. The Labute approximate surface area is 178 Å². The molecule has 1 atom stereocenters. The van der Waals surface area contributed by atoms with E-state index in [0.717, 1.165) is 63.4 Å². The molecule has 2 aliphatic rings. The van der Waals surface area contributed by atoms with E-state index in [4.69, 9.17) is 11.6 Å². The number of aryl methyl sites for hydroxylation is 1. The van der Waals surface area contributed by atoms with Crippen molar-refractivity contribution in [2.75, 3.05) is 49.5 Å². The lowest BCUT2D eigenvalue weighted by molar-refractivity contribution is 0.108. The summed E-state index contributed by atoms with van der Waals surface area (Å²) in [4.78, 5) is 19.8. The summed E-state index contributed by atoms with van der Waals surface area (Å²) < 4.78 is 0. The van der Waals surface area contributed by atoms with E-state index >= 15 is 0 Å². The fourth-order valence-corrected chi connectivity index (χ4v) is 4.67. The third-order valence-electron chi connectivity index (χ3n) is 6.09. The summed E-state index contributed by atoms with van der Waals surface area (Å²) in [5.74, 6) is 0. The highest BCUT2D eigenvalue weighted by Gasteiger charge is 2.30. The van der Waals surface area contributed by atoms with E-state index in [1.54, 1.807) is 0 Å². The topological polar surface area (TPSA) is 38.8 Å². The number of benzene rings is 2. The van der Waals surface area contributed by atoms with E-state index in [1.807, 2.05) is 30.0 Å². The molecule has 0 unspecified atom stereocenters. The minimum absolute atomic E-state index is 0.0474. The van der Waals surface area contributed by atoms with Crippen LogP contribution >= 0.6 is 11.6 Å². The highest BCUT2D eigenvalue weighted by molar-refractivity contribution is 6.33. The maximum absolute atomic E-state index is 12.9. The van der Waals surface area contributed by atoms with E-state index in [0.29, 0.717) is 11.1 Å². The first-order chi connectivity index (χ1) is 14.1. The Bertz CT molecular complexity index is 816. The SMILES string of the molecule is Cc1cccc(Cl)c1NC(=O)N1CCC[C@H](N2CCN(c3ccccc3)CC2)C1. The van der Waals surface area contributed by atoms with Crippen molar-refractivity contribution in [3.8, 4) is 0 Å². The van der Waals surface area contributed by atoms with Gasteiger partial charge in [0.25, 0.3) is 0 Å². The van der Waals surface area contributed by atoms with E-state index < -0.39 is 0 Å². The van der Waals surface area contributed by atoms with Gasteiger partial charge in [-0.2, -0.15) is 0 Å². The van der Waals surface area contributed by atoms with Gasteiger partial charge in [-0.05, 0) is 43.5 Å². The van der Waals surface area contributed by atoms with Crippen LogP contribution in [0.15, 0.2) is 48.5 Å². The molecule has 2 aliphatic heterocycles. The molecule has 1 N–H and O–H groups in total. The number of piperidine rings is 1. The summed E-state index contributed by atoms with van der Waals surface area (Å²) in [7, 11) is 0. The van der Waals surface area contributed by atoms with E-state index in [1.165, 1.54) is 5.69 Å². The molecule has 29 heavy (non-hydrogen) atoms. The van der Waals surface area contributed by atoms with Gasteiger partial charge >= 0.3 is 6.03 Å². The molecular weight excluding hydrogens is 384 g/mol. The van der Waals surface area contributed by atoms with Gasteiger partial charge in [0.1, 0.15) is 0 Å². The zero-order chi connectivity index (χ0) is 20.2. The third-order valence-corrected chi connectivity index (χ3v) is 6.40. The zero-order valence-corrected chi connectivity index (χ0v) is 17.7. The molecule has 154 valence electrons. The first kappa shape index (κ1) is 20.0. The van der Waals surface area contributed by atoms with Crippen LogP contribution in [0, 0.1) is 6.92 Å². The fourth-order valence-electron chi connectivity index (χ4n) is 4.40. The molecule has 0 saturated carbocycles. The third kappa shape index (κ3) is 4.68. The molecule has 2 aromatic rings. The molecule has 6 heteroatoms. The highest BCUT2D eigenvalue weighted by atomic mass is 35.5. The Kier molecular flexibility index (Phi) is 6.26. The number of hydrogen-bond donors (Lipinski definition) is 1. The van der Waals surface area contributed by atoms with Crippen LogP contribution in [0.3, 0.4) is 0 Å². The predicted octanol–water partition coefficient (Wildman–Crippen LogP) is 4.47. The number of para-hydroxylation sites is 2. The smallest absolute Gasteiger partial charge is 0.321 e. The van der Waals surface area contributed by atoms with Crippen LogP contribution in [0.25, 0.3) is 0 Å². The number of carbonyl (C=O) groups excluding carboxylic acids is 1. The minimum Gasteiger partial charge on any atom is -0.369 e. The van der Waals surface area contributed by atoms with Crippen LogP contribution in [0.2, 0.25) is 5.02 Å². The molecule has 4 rings (SSSR count). The number of urea groups is 1. The first-order valence-electron chi connectivity index (χ1n) is 10.5. The molecule has 2 fully saturated rings. The lowest BCUT2D eigenvalue weighted by atomic mass is 10.0. The maximum Gasteiger partial charge on any atom is 0.321 e. The number of halogens is 1. The van der Waals surface area contributed by atoms with Crippen molar-refractivity contribution in [1.29, 1.82) is 0 Å². The van der Waals surface area contributed by atoms with Crippen molar-refractivity contribution in [2.24, 2.45) is 0 Å². The van der Waals surface area contributed by atoms with Crippen molar-refractivity contribution in [3.05, 3.63) is 59.1 Å². The molecule has 0 bridgehead atoms. The number of hydrogen-bond acceptors (Lipinski definition) is 3. The lowest BCUT2D eigenvalue weighted by Crippen LogP contribution is -2.56. The summed E-state index contributed by atoms with van der Waals surface area (Å²) >= 11 is 6.28. The van der Waals surface area contributed by atoms with Gasteiger partial charge in [0.2, 0.25) is 0 Å². The molecule has 0 spiro atoms. The highest BCUT2D eigenvalue weighted by Crippen LogP contribution is 2.26. The molecule has 2 amide bonds. The Balaban J connectivity index is 1.33. The van der Waals surface area contributed by atoms with Crippen molar-refractivity contribution in [3.63, 3.8) is 0 Å². The Morgan fingerprint density at radius 3 is 2.48 bits per heavy atom. The predicted molar refractivity (Wildman–Crippen MR) is 120 cm³/mol. The van der Waals surface area contributed by atoms with Gasteiger partial charge in [-0.1, -0.05) is 41.9 Å². The summed E-state index contributed by atoms with van der Waals surface area (Å²) in [5, 5.41) is 3.62. The second-order valence-electron chi connectivity index (χ2n) is 7.96. The van der Waals surface area contributed by atoms with Crippen molar-refractivity contribution in [2.45, 2.75) is 25.8 Å². The number of nitrogens with one attached hydrogen (secondary N) is 1. The van der Waals surface area contributed by atoms with Crippen LogP contribution in [0.5, 0.6) is 0 Å². The largest absolute Gasteiger partial charge is 0.369 e. The monoisotopic (exact) mass is 412 g/mol. The van der Waals surface area contributed by atoms with Crippen molar-refractivity contribution < 1.29 is 4.79 Å². The quantitative estimate of drug-likeness (QED) is 0.808. The number of amides is 2. The van der Waals surface area contributed by atoms with Crippen LogP contribution in [-0.4, -0.2) is 61.1 Å². The molecule has 0 radical (unpaired) electrons. The summed E-state index contributed by atoms with van der Waals surface area (Å²) in [6, 6.07) is 16.7. The summed E-state index contributed by atoms with van der Waals surface area (Å²) in [6.45, 7) is 7.69. The normalized spacial score (nSPS) is 20.6. The molecule has 5 nitrogen and oxygen atoms in total. The number of likely N-dealkylation sites (tertiary alicyclic amines) is 1. The van der Waals surface area contributed by atoms with Crippen LogP contribution in [-0.2, 0) is 0 Å². The lowest BCUT2D eigenvalue weighted by Gasteiger charge is -2.43. The maximum atomic E-state index is 12.9. The average molecular weight is 413 g/mol. The van der Waals surface area contributed by atoms with Gasteiger partial charge in [-0.15, -0.1) is 0 Å². The second-order valence-corrected chi connectivity index (χ2v) is 8.37. The molecule has 0 aromatic heterocycles. The fraction of sp³-hybridized carbons (Fsp3) is 0.435. The van der Waals surface area contributed by atoms with E-state index in [-0.39, 0.29) is 6.03 Å². The van der Waals surface area contributed by atoms with E-state index in [9.17, 15) is 4.79 Å². The van der Waals surface area contributed by atoms with Crippen LogP contribution < -0.4 is 10.2 Å². The Morgan fingerprint density at radius 2 is 1.76 bits per heavy atom. The van der Waals surface area contributed by atoms with Gasteiger partial charge in [0.05, 0.1) is 10.7 Å². The van der Waals surface area contributed by atoms with Crippen molar-refractivity contribution >= 4 is 29.0 Å². The second kappa shape index (κ2) is 9.06. The molecular formula is C23H29ClN4O. The minimum atomic E-state index is -0.0474. The van der Waals surface area contributed by atoms with Crippen molar-refractivity contribution in [1.82, 2.24) is 9.80 Å². The number of nitrogens with zero attached hydrogens (tertiary/aromatic N) is 3. The molecule has 2 aromatic carbocycles. The van der Waals surface area contributed by atoms with Crippen LogP contribution in [0.1, 0.15) is 18.4 Å². The standard InChI is InChI=1S/C23H29ClN4O/c1-18-7-5-11-21(24)22(18)25-23(29)28-12-6-10-20(17-28)27-15-13-26(14-16-27)19-8-3-2-4-9-19/h2-5,7-9,11,20H,6,10,12-17H2,1H3,(H,25,29)/t20-/m0/s1. The summed E-state index contributed by atoms with van der Waals surface area (Å²) in [5.41, 5.74) is 3.00. The number of rotatable bonds is 3. The van der Waals surface area contributed by atoms with Crippen LogP contribution in [0.4, 0.5) is 16.2 Å². The molecule has 2 heterocycles. The number of anilines is 2. The average Bonchev–Trinajstić information content (AvgIpc) is 2.77. The van der Waals surface area contributed by atoms with Gasteiger partial charge in [0.15, 0.2) is 0 Å². The number of carbonyl (C=O) groups is 1. The van der Waals surface area contributed by atoms with Gasteiger partial charge in [-0.25, -0.2) is 4.79 Å². The number of piperazine rings is 1. The van der Waals surface area contributed by atoms with Gasteiger partial charge < -0.3 is 15.1 Å². The van der Waals surface area contributed by atoms with E-state index in [2.05, 4.69) is 45.4 Å². The van der Waals surface area contributed by atoms with Gasteiger partial charge in [-0.3, -0.25) is 4.90 Å².